The van der Waals surface area contributed by atoms with Crippen molar-refractivity contribution in [1.29, 1.82) is 0 Å². The first kappa shape index (κ1) is 14.0. The SMILES string of the molecule is CCCOc1cccc(C(O)c2ccc3c(c2)CCO3)c1. The van der Waals surface area contributed by atoms with E-state index in [1.54, 1.807) is 0 Å². The lowest BCUT2D eigenvalue weighted by atomic mass is 9.99. The van der Waals surface area contributed by atoms with Crippen LogP contribution in [0.25, 0.3) is 0 Å². The number of benzene rings is 2. The smallest absolute Gasteiger partial charge is 0.122 e. The summed E-state index contributed by atoms with van der Waals surface area (Å²) in [5, 5.41) is 10.6. The van der Waals surface area contributed by atoms with Crippen LogP contribution in [-0.4, -0.2) is 18.3 Å². The topological polar surface area (TPSA) is 38.7 Å². The second-order valence-electron chi connectivity index (χ2n) is 5.29. The zero-order valence-corrected chi connectivity index (χ0v) is 12.2. The molecule has 1 heterocycles. The van der Waals surface area contributed by atoms with Crippen molar-refractivity contribution in [2.24, 2.45) is 0 Å². The molecule has 1 aliphatic rings. The monoisotopic (exact) mass is 284 g/mol. The molecule has 0 radical (unpaired) electrons. The van der Waals surface area contributed by atoms with Gasteiger partial charge in [-0.15, -0.1) is 0 Å². The van der Waals surface area contributed by atoms with E-state index in [-0.39, 0.29) is 0 Å². The maximum Gasteiger partial charge on any atom is 0.122 e. The molecular weight excluding hydrogens is 264 g/mol. The van der Waals surface area contributed by atoms with Gasteiger partial charge in [-0.2, -0.15) is 0 Å². The van der Waals surface area contributed by atoms with Gasteiger partial charge in [-0.3, -0.25) is 0 Å². The van der Waals surface area contributed by atoms with Crippen LogP contribution in [0.5, 0.6) is 11.5 Å². The average molecular weight is 284 g/mol. The van der Waals surface area contributed by atoms with Gasteiger partial charge in [0.1, 0.15) is 17.6 Å². The fourth-order valence-corrected chi connectivity index (χ4v) is 2.56. The van der Waals surface area contributed by atoms with Gasteiger partial charge < -0.3 is 14.6 Å². The second kappa shape index (κ2) is 6.19. The number of ether oxygens (including phenoxy) is 2. The van der Waals surface area contributed by atoms with E-state index in [0.29, 0.717) is 6.61 Å². The molecule has 0 amide bonds. The molecule has 3 rings (SSSR count). The summed E-state index contributed by atoms with van der Waals surface area (Å²) in [7, 11) is 0. The Kier molecular flexibility index (Phi) is 4.11. The van der Waals surface area contributed by atoms with Crippen LogP contribution < -0.4 is 9.47 Å². The molecule has 0 spiro atoms. The lowest BCUT2D eigenvalue weighted by molar-refractivity contribution is 0.219. The molecule has 1 N–H and O–H groups in total. The summed E-state index contributed by atoms with van der Waals surface area (Å²) in [5.74, 6) is 1.74. The minimum Gasteiger partial charge on any atom is -0.494 e. The van der Waals surface area contributed by atoms with Crippen molar-refractivity contribution in [3.63, 3.8) is 0 Å². The normalized spacial score (nSPS) is 14.4. The quantitative estimate of drug-likeness (QED) is 0.913. The maximum absolute atomic E-state index is 10.6. The summed E-state index contributed by atoms with van der Waals surface area (Å²) in [6.45, 7) is 3.50. The van der Waals surface area contributed by atoms with Crippen LogP contribution in [0.15, 0.2) is 42.5 Å². The molecule has 1 aliphatic heterocycles. The van der Waals surface area contributed by atoms with E-state index in [4.69, 9.17) is 9.47 Å². The number of hydrogen-bond acceptors (Lipinski definition) is 3. The Morgan fingerprint density at radius 2 is 2.05 bits per heavy atom. The summed E-state index contributed by atoms with van der Waals surface area (Å²) < 4.78 is 11.1. The van der Waals surface area contributed by atoms with Gasteiger partial charge >= 0.3 is 0 Å². The molecule has 1 atom stereocenters. The third-order valence-corrected chi connectivity index (χ3v) is 3.68. The van der Waals surface area contributed by atoms with Gasteiger partial charge in [0.2, 0.25) is 0 Å². The van der Waals surface area contributed by atoms with Crippen molar-refractivity contribution in [1.82, 2.24) is 0 Å². The molecule has 0 aromatic heterocycles. The molecule has 0 saturated heterocycles. The van der Waals surface area contributed by atoms with Crippen molar-refractivity contribution >= 4 is 0 Å². The van der Waals surface area contributed by atoms with Gasteiger partial charge in [-0.1, -0.05) is 25.1 Å². The lowest BCUT2D eigenvalue weighted by Crippen LogP contribution is -2.01. The summed E-state index contributed by atoms with van der Waals surface area (Å²) in [6.07, 6.45) is 1.24. The minimum absolute atomic E-state index is 0.638. The van der Waals surface area contributed by atoms with Crippen LogP contribution in [0.4, 0.5) is 0 Å². The summed E-state index contributed by atoms with van der Waals surface area (Å²) in [4.78, 5) is 0. The van der Waals surface area contributed by atoms with Gasteiger partial charge in [-0.25, -0.2) is 0 Å². The molecule has 110 valence electrons. The molecule has 2 aromatic rings. The van der Waals surface area contributed by atoms with Gasteiger partial charge in [0.15, 0.2) is 0 Å². The van der Waals surface area contributed by atoms with E-state index < -0.39 is 6.10 Å². The summed E-state index contributed by atoms with van der Waals surface area (Å²) >= 11 is 0. The van der Waals surface area contributed by atoms with Crippen LogP contribution in [-0.2, 0) is 6.42 Å². The van der Waals surface area contributed by atoms with Crippen LogP contribution in [0.3, 0.4) is 0 Å². The number of aliphatic hydroxyl groups is 1. The highest BCUT2D eigenvalue weighted by Crippen LogP contribution is 2.31. The molecule has 21 heavy (non-hydrogen) atoms. The molecule has 0 aliphatic carbocycles. The second-order valence-corrected chi connectivity index (χ2v) is 5.29. The van der Waals surface area contributed by atoms with Gasteiger partial charge in [0.05, 0.1) is 13.2 Å². The third kappa shape index (κ3) is 3.03. The predicted molar refractivity (Wildman–Crippen MR) is 81.9 cm³/mol. The molecule has 0 fully saturated rings. The van der Waals surface area contributed by atoms with E-state index in [1.165, 1.54) is 5.56 Å². The summed E-state index contributed by atoms with van der Waals surface area (Å²) in [5.41, 5.74) is 2.92. The van der Waals surface area contributed by atoms with Crippen molar-refractivity contribution < 1.29 is 14.6 Å². The fourth-order valence-electron chi connectivity index (χ4n) is 2.56. The van der Waals surface area contributed by atoms with Crippen LogP contribution in [0.2, 0.25) is 0 Å². The van der Waals surface area contributed by atoms with Crippen molar-refractivity contribution in [3.8, 4) is 11.5 Å². The Balaban J connectivity index is 1.82. The zero-order valence-electron chi connectivity index (χ0n) is 12.2. The van der Waals surface area contributed by atoms with E-state index in [0.717, 1.165) is 42.1 Å². The fraction of sp³-hybridized carbons (Fsp3) is 0.333. The maximum atomic E-state index is 10.6. The molecule has 3 nitrogen and oxygen atoms in total. The Hall–Kier alpha value is -2.00. The van der Waals surface area contributed by atoms with Gasteiger partial charge in [0, 0.05) is 6.42 Å². The van der Waals surface area contributed by atoms with Gasteiger partial charge in [-0.05, 0) is 47.4 Å². The van der Waals surface area contributed by atoms with Crippen LogP contribution >= 0.6 is 0 Å². The Morgan fingerprint density at radius 1 is 1.19 bits per heavy atom. The first-order valence-electron chi connectivity index (χ1n) is 7.44. The molecule has 0 bridgehead atoms. The highest BCUT2D eigenvalue weighted by atomic mass is 16.5. The third-order valence-electron chi connectivity index (χ3n) is 3.68. The molecule has 2 aromatic carbocycles. The number of hydrogen-bond donors (Lipinski definition) is 1. The first-order chi connectivity index (χ1) is 10.3. The predicted octanol–water partition coefficient (Wildman–Crippen LogP) is 3.49. The number of aliphatic hydroxyl groups excluding tert-OH is 1. The van der Waals surface area contributed by atoms with Crippen molar-refractivity contribution in [2.75, 3.05) is 13.2 Å². The highest BCUT2D eigenvalue weighted by molar-refractivity contribution is 5.43. The molecule has 1 unspecified atom stereocenters. The number of fused-ring (bicyclic) bond motifs is 1. The largest absolute Gasteiger partial charge is 0.494 e. The van der Waals surface area contributed by atoms with Crippen molar-refractivity contribution in [2.45, 2.75) is 25.9 Å². The van der Waals surface area contributed by atoms with Crippen molar-refractivity contribution in [3.05, 3.63) is 59.2 Å². The van der Waals surface area contributed by atoms with Gasteiger partial charge in [0.25, 0.3) is 0 Å². The molecular formula is C18H20O3. The average Bonchev–Trinajstić information content (AvgIpc) is 3.00. The molecule has 3 heteroatoms. The highest BCUT2D eigenvalue weighted by Gasteiger charge is 2.17. The van der Waals surface area contributed by atoms with E-state index in [2.05, 4.69) is 6.92 Å². The Labute approximate surface area is 125 Å². The zero-order chi connectivity index (χ0) is 14.7. The Bertz CT molecular complexity index is 622. The van der Waals surface area contributed by atoms with E-state index in [1.807, 2.05) is 42.5 Å². The molecule has 0 saturated carbocycles. The van der Waals surface area contributed by atoms with Crippen LogP contribution in [0.1, 0.15) is 36.1 Å². The Morgan fingerprint density at radius 3 is 2.90 bits per heavy atom. The van der Waals surface area contributed by atoms with Crippen LogP contribution in [0, 0.1) is 0 Å². The number of rotatable bonds is 5. The summed E-state index contributed by atoms with van der Waals surface area (Å²) in [6, 6.07) is 13.6. The van der Waals surface area contributed by atoms with E-state index in [9.17, 15) is 5.11 Å². The van der Waals surface area contributed by atoms with E-state index >= 15 is 0 Å². The standard InChI is InChI=1S/C18H20O3/c1-2-9-20-16-5-3-4-14(12-16)18(19)15-6-7-17-13(11-15)8-10-21-17/h3-7,11-12,18-19H,2,8-10H2,1H3. The minimum atomic E-state index is -0.638. The first-order valence-corrected chi connectivity index (χ1v) is 7.44. The lowest BCUT2D eigenvalue weighted by Gasteiger charge is -2.14.